The molecule has 0 saturated heterocycles. The molecule has 0 saturated carbocycles. The number of carbonyl (C=O) groups is 1. The van der Waals surface area contributed by atoms with Crippen LogP contribution in [0.25, 0.3) is 10.6 Å². The molecule has 0 atom stereocenters. The van der Waals surface area contributed by atoms with E-state index in [1.165, 1.54) is 17.0 Å². The molecule has 0 unspecified atom stereocenters. The van der Waals surface area contributed by atoms with E-state index in [0.717, 1.165) is 10.6 Å². The Labute approximate surface area is 177 Å². The normalized spacial score (nSPS) is 11.2. The highest BCUT2D eigenvalue weighted by Crippen LogP contribution is 2.27. The van der Waals surface area contributed by atoms with E-state index in [0.29, 0.717) is 17.1 Å². The number of amides is 1. The van der Waals surface area contributed by atoms with Gasteiger partial charge < -0.3 is 5.32 Å². The molecule has 152 valence electrons. The van der Waals surface area contributed by atoms with Gasteiger partial charge in [-0.3, -0.25) is 14.6 Å². The second-order valence-electron chi connectivity index (χ2n) is 6.53. The van der Waals surface area contributed by atoms with Crippen LogP contribution in [-0.4, -0.2) is 24.5 Å². The van der Waals surface area contributed by atoms with E-state index in [-0.39, 0.29) is 10.8 Å². The van der Waals surface area contributed by atoms with Crippen molar-refractivity contribution in [1.29, 1.82) is 0 Å². The summed E-state index contributed by atoms with van der Waals surface area (Å²) in [6, 6.07) is 20.1. The van der Waals surface area contributed by atoms with Crippen molar-refractivity contribution in [3.8, 4) is 10.6 Å². The molecule has 0 radical (unpaired) electrons. The summed E-state index contributed by atoms with van der Waals surface area (Å²) in [5, 5.41) is 9.77. The predicted octanol–water partition coefficient (Wildman–Crippen LogP) is 4.50. The number of aromatic nitrogens is 2. The summed E-state index contributed by atoms with van der Waals surface area (Å²) < 4.78 is 27.3. The van der Waals surface area contributed by atoms with Gasteiger partial charge in [-0.1, -0.05) is 18.2 Å². The highest BCUT2D eigenvalue weighted by molar-refractivity contribution is 7.92. The Kier molecular flexibility index (Phi) is 5.39. The minimum absolute atomic E-state index is 0.169. The number of nitrogens with zero attached hydrogens (tertiary/aromatic N) is 1. The van der Waals surface area contributed by atoms with Gasteiger partial charge >= 0.3 is 0 Å². The Morgan fingerprint density at radius 3 is 2.40 bits per heavy atom. The Morgan fingerprint density at radius 1 is 1.00 bits per heavy atom. The lowest BCUT2D eigenvalue weighted by molar-refractivity contribution is 0.102. The van der Waals surface area contributed by atoms with Crippen molar-refractivity contribution in [2.45, 2.75) is 11.8 Å². The molecule has 0 aliphatic heterocycles. The summed E-state index contributed by atoms with van der Waals surface area (Å²) >= 11 is 1.63. The van der Waals surface area contributed by atoms with Gasteiger partial charge in [-0.05, 0) is 55.5 Å². The Bertz CT molecular complexity index is 1280. The molecule has 4 rings (SSSR count). The SMILES string of the molecule is Cc1ccc(-c2cc(NC(=O)c3ccc(NS(=O)(=O)c4ccccc4)cc3)n[nH]2)s1. The van der Waals surface area contributed by atoms with Gasteiger partial charge in [0, 0.05) is 22.2 Å². The lowest BCUT2D eigenvalue weighted by atomic mass is 10.2. The fourth-order valence-corrected chi connectivity index (χ4v) is 4.70. The molecule has 0 aliphatic carbocycles. The number of aryl methyl sites for hydroxylation is 1. The van der Waals surface area contributed by atoms with E-state index in [1.807, 2.05) is 19.1 Å². The molecule has 30 heavy (non-hydrogen) atoms. The zero-order valence-corrected chi connectivity index (χ0v) is 17.5. The van der Waals surface area contributed by atoms with Gasteiger partial charge in [0.15, 0.2) is 5.82 Å². The minimum atomic E-state index is -3.68. The predicted molar refractivity (Wildman–Crippen MR) is 118 cm³/mol. The van der Waals surface area contributed by atoms with E-state index in [4.69, 9.17) is 0 Å². The molecule has 4 aromatic rings. The number of hydrogen-bond acceptors (Lipinski definition) is 5. The summed E-state index contributed by atoms with van der Waals surface area (Å²) in [4.78, 5) is 14.9. The molecular weight excluding hydrogens is 420 g/mol. The fourth-order valence-electron chi connectivity index (χ4n) is 2.78. The van der Waals surface area contributed by atoms with Crippen LogP contribution in [0.1, 0.15) is 15.2 Å². The van der Waals surface area contributed by atoms with Gasteiger partial charge in [-0.2, -0.15) is 5.10 Å². The quantitative estimate of drug-likeness (QED) is 0.412. The number of anilines is 2. The van der Waals surface area contributed by atoms with Gasteiger partial charge in [0.25, 0.3) is 15.9 Å². The number of carbonyl (C=O) groups excluding carboxylic acids is 1. The molecule has 0 spiro atoms. The lowest BCUT2D eigenvalue weighted by Gasteiger charge is -2.08. The Balaban J connectivity index is 1.43. The van der Waals surface area contributed by atoms with Crippen LogP contribution in [0, 0.1) is 6.92 Å². The minimum Gasteiger partial charge on any atom is -0.305 e. The summed E-state index contributed by atoms with van der Waals surface area (Å²) in [6.45, 7) is 2.02. The van der Waals surface area contributed by atoms with Gasteiger partial charge in [-0.15, -0.1) is 11.3 Å². The van der Waals surface area contributed by atoms with Crippen molar-refractivity contribution >= 4 is 38.8 Å². The number of benzene rings is 2. The summed E-state index contributed by atoms with van der Waals surface area (Å²) in [7, 11) is -3.68. The first-order valence-corrected chi connectivity index (χ1v) is 11.3. The summed E-state index contributed by atoms with van der Waals surface area (Å²) in [5.41, 5.74) is 1.58. The average molecular weight is 439 g/mol. The van der Waals surface area contributed by atoms with E-state index in [1.54, 1.807) is 59.9 Å². The maximum absolute atomic E-state index is 12.5. The van der Waals surface area contributed by atoms with Crippen LogP contribution in [0.5, 0.6) is 0 Å². The monoisotopic (exact) mass is 438 g/mol. The molecule has 9 heteroatoms. The van der Waals surface area contributed by atoms with Gasteiger partial charge in [0.1, 0.15) is 0 Å². The highest BCUT2D eigenvalue weighted by atomic mass is 32.2. The smallest absolute Gasteiger partial charge is 0.261 e. The molecule has 0 bridgehead atoms. The maximum Gasteiger partial charge on any atom is 0.261 e. The zero-order valence-electron chi connectivity index (χ0n) is 15.9. The summed E-state index contributed by atoms with van der Waals surface area (Å²) in [5.74, 6) is 0.0720. The van der Waals surface area contributed by atoms with Gasteiger partial charge in [-0.25, -0.2) is 8.42 Å². The third kappa shape index (κ3) is 4.42. The van der Waals surface area contributed by atoms with E-state index < -0.39 is 10.0 Å². The zero-order chi connectivity index (χ0) is 21.1. The number of nitrogens with one attached hydrogen (secondary N) is 3. The molecule has 0 fully saturated rings. The van der Waals surface area contributed by atoms with Crippen molar-refractivity contribution in [3.63, 3.8) is 0 Å². The Morgan fingerprint density at radius 2 is 1.73 bits per heavy atom. The largest absolute Gasteiger partial charge is 0.305 e. The maximum atomic E-state index is 12.5. The van der Waals surface area contributed by atoms with Crippen LogP contribution in [0.4, 0.5) is 11.5 Å². The summed E-state index contributed by atoms with van der Waals surface area (Å²) in [6.07, 6.45) is 0. The topological polar surface area (TPSA) is 104 Å². The molecule has 2 aromatic carbocycles. The molecule has 7 nitrogen and oxygen atoms in total. The number of H-pyrrole nitrogens is 1. The lowest BCUT2D eigenvalue weighted by Crippen LogP contribution is -2.14. The third-order valence-electron chi connectivity index (χ3n) is 4.28. The molecule has 0 aliphatic rings. The van der Waals surface area contributed by atoms with Crippen molar-refractivity contribution in [1.82, 2.24) is 10.2 Å². The first-order chi connectivity index (χ1) is 14.4. The molecule has 2 aromatic heterocycles. The van der Waals surface area contributed by atoms with Crippen LogP contribution in [0.15, 0.2) is 77.7 Å². The van der Waals surface area contributed by atoms with Crippen molar-refractivity contribution < 1.29 is 13.2 Å². The number of sulfonamides is 1. The first kappa shape index (κ1) is 19.9. The first-order valence-electron chi connectivity index (χ1n) is 9.02. The Hall–Kier alpha value is -3.43. The van der Waals surface area contributed by atoms with E-state index in [2.05, 4.69) is 20.2 Å². The number of rotatable bonds is 6. The third-order valence-corrected chi connectivity index (χ3v) is 6.71. The fraction of sp³-hybridized carbons (Fsp3) is 0.0476. The highest BCUT2D eigenvalue weighted by Gasteiger charge is 2.14. The van der Waals surface area contributed by atoms with Crippen LogP contribution in [0.3, 0.4) is 0 Å². The van der Waals surface area contributed by atoms with Crippen molar-refractivity contribution in [3.05, 3.63) is 83.2 Å². The van der Waals surface area contributed by atoms with E-state index in [9.17, 15) is 13.2 Å². The number of thiophene rings is 1. The van der Waals surface area contributed by atoms with Crippen LogP contribution in [0.2, 0.25) is 0 Å². The molecule has 2 heterocycles. The van der Waals surface area contributed by atoms with Gasteiger partial charge in [0.05, 0.1) is 15.5 Å². The molecule has 1 amide bonds. The van der Waals surface area contributed by atoms with Crippen LogP contribution < -0.4 is 10.0 Å². The number of aromatic amines is 1. The van der Waals surface area contributed by atoms with Gasteiger partial charge in [0.2, 0.25) is 0 Å². The molecule has 3 N–H and O–H groups in total. The van der Waals surface area contributed by atoms with Crippen LogP contribution in [-0.2, 0) is 10.0 Å². The van der Waals surface area contributed by atoms with Crippen molar-refractivity contribution in [2.24, 2.45) is 0 Å². The molecular formula is C21H18N4O3S2. The van der Waals surface area contributed by atoms with E-state index >= 15 is 0 Å². The van der Waals surface area contributed by atoms with Crippen LogP contribution >= 0.6 is 11.3 Å². The second kappa shape index (κ2) is 8.13. The van der Waals surface area contributed by atoms with Crippen molar-refractivity contribution in [2.75, 3.05) is 10.0 Å². The standard InChI is InChI=1S/C21H18N4O3S2/c1-14-7-12-19(29-14)18-13-20(24-23-18)22-21(26)15-8-10-16(11-9-15)25-30(27,28)17-5-3-2-4-6-17/h2-13,25H,1H3,(H2,22,23,24,26). The number of hydrogen-bond donors (Lipinski definition) is 3. The average Bonchev–Trinajstić information content (AvgIpc) is 3.38. The second-order valence-corrected chi connectivity index (χ2v) is 9.50.